The summed E-state index contributed by atoms with van der Waals surface area (Å²) in [5.41, 5.74) is 1.68. The van der Waals surface area contributed by atoms with Gasteiger partial charge in [0.15, 0.2) is 0 Å². The van der Waals surface area contributed by atoms with Crippen LogP contribution in [-0.4, -0.2) is 34.6 Å². The minimum Gasteiger partial charge on any atom is -0.350 e. The number of hydrogen-bond acceptors (Lipinski definition) is 3. The summed E-state index contributed by atoms with van der Waals surface area (Å²) in [6, 6.07) is 7.94. The molecular formula is C15H20Cl2N4O. The molecule has 1 aromatic carbocycles. The number of hydrogen-bond donors (Lipinski definition) is 2. The standard InChI is InChI=1S/C15H18N4O.2ClH/c20-15(18-10-13-2-1-7-17-13)12-3-5-14(6-4-12)19-9-8-16-11-19;;/h3-6,8-9,11,13,17H,1-2,7,10H2,(H,18,20);2*1H. The lowest BCUT2D eigenvalue weighted by molar-refractivity contribution is 0.0950. The average molecular weight is 343 g/mol. The van der Waals surface area contributed by atoms with Crippen LogP contribution in [0, 0.1) is 0 Å². The van der Waals surface area contributed by atoms with Crippen molar-refractivity contribution in [3.05, 3.63) is 48.5 Å². The fourth-order valence-electron chi connectivity index (χ4n) is 2.45. The van der Waals surface area contributed by atoms with Gasteiger partial charge in [-0.3, -0.25) is 4.79 Å². The molecule has 0 aliphatic carbocycles. The maximum absolute atomic E-state index is 12.0. The minimum atomic E-state index is -0.0177. The van der Waals surface area contributed by atoms with Crippen LogP contribution in [0.4, 0.5) is 0 Å². The number of nitrogens with one attached hydrogen (secondary N) is 2. The SMILES string of the molecule is Cl.Cl.O=C(NCC1CCCN1)c1ccc(-n2ccnc2)cc1. The molecule has 3 rings (SSSR count). The van der Waals surface area contributed by atoms with Crippen molar-refractivity contribution in [3.8, 4) is 5.69 Å². The van der Waals surface area contributed by atoms with Crippen molar-refractivity contribution in [2.75, 3.05) is 13.1 Å². The highest BCUT2D eigenvalue weighted by Crippen LogP contribution is 2.09. The molecule has 2 aromatic rings. The molecule has 5 nitrogen and oxygen atoms in total. The Balaban J connectivity index is 0.00000121. The zero-order valence-corrected chi connectivity index (χ0v) is 13.7. The monoisotopic (exact) mass is 342 g/mol. The van der Waals surface area contributed by atoms with Crippen LogP contribution in [0.5, 0.6) is 0 Å². The third kappa shape index (κ3) is 4.47. The van der Waals surface area contributed by atoms with Gasteiger partial charge in [0, 0.05) is 36.2 Å². The zero-order valence-electron chi connectivity index (χ0n) is 12.1. The smallest absolute Gasteiger partial charge is 0.251 e. The van der Waals surface area contributed by atoms with E-state index in [4.69, 9.17) is 0 Å². The number of carbonyl (C=O) groups excluding carboxylic acids is 1. The molecule has 0 bridgehead atoms. The van der Waals surface area contributed by atoms with Gasteiger partial charge in [0.05, 0.1) is 6.33 Å². The molecule has 1 aromatic heterocycles. The Hall–Kier alpha value is -1.56. The van der Waals surface area contributed by atoms with E-state index in [2.05, 4.69) is 15.6 Å². The van der Waals surface area contributed by atoms with E-state index in [0.717, 1.165) is 18.7 Å². The molecule has 0 saturated carbocycles. The summed E-state index contributed by atoms with van der Waals surface area (Å²) in [5, 5.41) is 6.34. The van der Waals surface area contributed by atoms with Gasteiger partial charge >= 0.3 is 0 Å². The van der Waals surface area contributed by atoms with E-state index < -0.39 is 0 Å². The Labute approximate surface area is 142 Å². The molecule has 0 spiro atoms. The van der Waals surface area contributed by atoms with Crippen molar-refractivity contribution in [2.45, 2.75) is 18.9 Å². The predicted octanol–water partition coefficient (Wildman–Crippen LogP) is 2.20. The number of benzene rings is 1. The van der Waals surface area contributed by atoms with Gasteiger partial charge < -0.3 is 15.2 Å². The Morgan fingerprint density at radius 2 is 2.09 bits per heavy atom. The van der Waals surface area contributed by atoms with E-state index >= 15 is 0 Å². The van der Waals surface area contributed by atoms with E-state index in [9.17, 15) is 4.79 Å². The summed E-state index contributed by atoms with van der Waals surface area (Å²) in [6.07, 6.45) is 7.68. The van der Waals surface area contributed by atoms with Gasteiger partial charge in [-0.05, 0) is 43.7 Å². The van der Waals surface area contributed by atoms with Gasteiger partial charge in [-0.2, -0.15) is 0 Å². The topological polar surface area (TPSA) is 59.0 Å². The lowest BCUT2D eigenvalue weighted by atomic mass is 10.1. The lowest BCUT2D eigenvalue weighted by Gasteiger charge is -2.11. The molecule has 1 atom stereocenters. The zero-order chi connectivity index (χ0) is 13.8. The first kappa shape index (κ1) is 18.5. The summed E-state index contributed by atoms with van der Waals surface area (Å²) in [5.74, 6) is -0.0177. The summed E-state index contributed by atoms with van der Waals surface area (Å²) in [7, 11) is 0. The molecule has 0 radical (unpaired) electrons. The molecule has 2 N–H and O–H groups in total. The van der Waals surface area contributed by atoms with Crippen molar-refractivity contribution < 1.29 is 4.79 Å². The number of carbonyl (C=O) groups is 1. The van der Waals surface area contributed by atoms with Crippen LogP contribution < -0.4 is 10.6 Å². The van der Waals surface area contributed by atoms with E-state index in [0.29, 0.717) is 18.2 Å². The van der Waals surface area contributed by atoms with Crippen LogP contribution in [0.25, 0.3) is 5.69 Å². The molecule has 1 fully saturated rings. The molecule has 1 saturated heterocycles. The van der Waals surface area contributed by atoms with Crippen molar-refractivity contribution in [1.82, 2.24) is 20.2 Å². The fourth-order valence-corrected chi connectivity index (χ4v) is 2.45. The highest BCUT2D eigenvalue weighted by molar-refractivity contribution is 5.94. The Kier molecular flexibility index (Phi) is 7.38. The summed E-state index contributed by atoms with van der Waals surface area (Å²) in [4.78, 5) is 16.0. The summed E-state index contributed by atoms with van der Waals surface area (Å²) in [6.45, 7) is 1.75. The van der Waals surface area contributed by atoms with Crippen molar-refractivity contribution in [3.63, 3.8) is 0 Å². The first-order valence-electron chi connectivity index (χ1n) is 6.93. The molecule has 120 valence electrons. The number of nitrogens with zero attached hydrogens (tertiary/aromatic N) is 2. The molecule has 1 amide bonds. The number of halogens is 2. The van der Waals surface area contributed by atoms with Gasteiger partial charge in [0.2, 0.25) is 0 Å². The molecule has 1 unspecified atom stereocenters. The van der Waals surface area contributed by atoms with Gasteiger partial charge in [-0.15, -0.1) is 24.8 Å². The first-order valence-corrected chi connectivity index (χ1v) is 6.93. The van der Waals surface area contributed by atoms with E-state index in [-0.39, 0.29) is 30.7 Å². The highest BCUT2D eigenvalue weighted by atomic mass is 35.5. The van der Waals surface area contributed by atoms with Crippen molar-refractivity contribution >= 4 is 30.7 Å². The molecule has 2 heterocycles. The first-order chi connectivity index (χ1) is 9.83. The van der Waals surface area contributed by atoms with Crippen LogP contribution in [0.3, 0.4) is 0 Å². The number of aromatic nitrogens is 2. The molecule has 7 heteroatoms. The van der Waals surface area contributed by atoms with E-state index in [1.165, 1.54) is 6.42 Å². The van der Waals surface area contributed by atoms with Crippen molar-refractivity contribution in [2.24, 2.45) is 0 Å². The number of imidazole rings is 1. The van der Waals surface area contributed by atoms with E-state index in [1.54, 1.807) is 12.5 Å². The maximum atomic E-state index is 12.0. The second kappa shape index (κ2) is 8.78. The molecule has 1 aliphatic heterocycles. The Morgan fingerprint density at radius 3 is 2.68 bits per heavy atom. The van der Waals surface area contributed by atoms with Crippen LogP contribution in [0.1, 0.15) is 23.2 Å². The van der Waals surface area contributed by atoms with Crippen LogP contribution in [-0.2, 0) is 0 Å². The minimum absolute atomic E-state index is 0. The van der Waals surface area contributed by atoms with Gasteiger partial charge in [0.25, 0.3) is 5.91 Å². The fraction of sp³-hybridized carbons (Fsp3) is 0.333. The summed E-state index contributed by atoms with van der Waals surface area (Å²) < 4.78 is 1.91. The van der Waals surface area contributed by atoms with Crippen LogP contribution in [0.2, 0.25) is 0 Å². The molecule has 22 heavy (non-hydrogen) atoms. The normalized spacial score (nSPS) is 16.5. The van der Waals surface area contributed by atoms with E-state index in [1.807, 2.05) is 35.0 Å². The van der Waals surface area contributed by atoms with Crippen LogP contribution in [0.15, 0.2) is 43.0 Å². The molecular weight excluding hydrogens is 323 g/mol. The van der Waals surface area contributed by atoms with Gasteiger partial charge in [-0.1, -0.05) is 0 Å². The number of amides is 1. The third-order valence-corrected chi connectivity index (χ3v) is 3.60. The lowest BCUT2D eigenvalue weighted by Crippen LogP contribution is -2.37. The Bertz CT molecular complexity index is 566. The predicted molar refractivity (Wildman–Crippen MR) is 91.4 cm³/mol. The highest BCUT2D eigenvalue weighted by Gasteiger charge is 2.15. The average Bonchev–Trinajstić information content (AvgIpc) is 3.18. The Morgan fingerprint density at radius 1 is 1.32 bits per heavy atom. The van der Waals surface area contributed by atoms with Crippen molar-refractivity contribution in [1.29, 1.82) is 0 Å². The van der Waals surface area contributed by atoms with Gasteiger partial charge in [0.1, 0.15) is 0 Å². The summed E-state index contributed by atoms with van der Waals surface area (Å²) >= 11 is 0. The van der Waals surface area contributed by atoms with Crippen LogP contribution >= 0.6 is 24.8 Å². The number of rotatable bonds is 4. The maximum Gasteiger partial charge on any atom is 0.251 e. The quantitative estimate of drug-likeness (QED) is 0.895. The second-order valence-electron chi connectivity index (χ2n) is 5.02. The van der Waals surface area contributed by atoms with Gasteiger partial charge in [-0.25, -0.2) is 4.98 Å². The second-order valence-corrected chi connectivity index (χ2v) is 5.02. The largest absolute Gasteiger partial charge is 0.350 e. The molecule has 1 aliphatic rings. The third-order valence-electron chi connectivity index (χ3n) is 3.60.